The van der Waals surface area contributed by atoms with E-state index in [-0.39, 0.29) is 12.5 Å². The summed E-state index contributed by atoms with van der Waals surface area (Å²) in [6.07, 6.45) is 1.73. The predicted octanol–water partition coefficient (Wildman–Crippen LogP) is 0.750. The molecule has 0 bridgehead atoms. The molecule has 0 saturated heterocycles. The molecule has 0 amide bonds. The van der Waals surface area contributed by atoms with E-state index < -0.39 is 37.4 Å². The van der Waals surface area contributed by atoms with Crippen LogP contribution >= 0.6 is 0 Å². The van der Waals surface area contributed by atoms with Crippen molar-refractivity contribution in [3.05, 3.63) is 34.1 Å². The third kappa shape index (κ3) is 3.11. The Kier molecular flexibility index (Phi) is 4.02. The minimum atomic E-state index is -4.17. The highest BCUT2D eigenvalue weighted by Gasteiger charge is 2.34. The highest BCUT2D eigenvalue weighted by atomic mass is 32.2. The standard InChI is InChI=1S/C11H14FN3O4S/c12-9-4-3-8(15(16)17)5-11(9)20(18,19)14-10(6-13)7-1-2-7/h3-5,7,10,14H,1-2,6,13H2. The van der Waals surface area contributed by atoms with Crippen molar-refractivity contribution in [3.8, 4) is 0 Å². The van der Waals surface area contributed by atoms with Gasteiger partial charge in [0.1, 0.15) is 10.7 Å². The van der Waals surface area contributed by atoms with Crippen molar-refractivity contribution in [1.82, 2.24) is 4.72 Å². The maximum atomic E-state index is 13.6. The van der Waals surface area contributed by atoms with E-state index in [1.54, 1.807) is 0 Å². The molecule has 1 aliphatic rings. The second-order valence-corrected chi connectivity index (χ2v) is 6.36. The van der Waals surface area contributed by atoms with Crippen LogP contribution in [0.5, 0.6) is 0 Å². The number of benzene rings is 1. The van der Waals surface area contributed by atoms with E-state index in [1.165, 1.54) is 0 Å². The van der Waals surface area contributed by atoms with Crippen LogP contribution in [0.3, 0.4) is 0 Å². The summed E-state index contributed by atoms with van der Waals surface area (Å²) in [5.41, 5.74) is 5.00. The molecule has 7 nitrogen and oxygen atoms in total. The summed E-state index contributed by atoms with van der Waals surface area (Å²) in [6, 6.07) is 1.91. The van der Waals surface area contributed by atoms with Gasteiger partial charge >= 0.3 is 0 Å². The quantitative estimate of drug-likeness (QED) is 0.594. The van der Waals surface area contributed by atoms with Gasteiger partial charge in [-0.25, -0.2) is 17.5 Å². The van der Waals surface area contributed by atoms with Gasteiger partial charge < -0.3 is 5.73 Å². The number of hydrogen-bond acceptors (Lipinski definition) is 5. The van der Waals surface area contributed by atoms with Crippen LogP contribution in [0, 0.1) is 21.8 Å². The topological polar surface area (TPSA) is 115 Å². The van der Waals surface area contributed by atoms with Gasteiger partial charge in [0.15, 0.2) is 0 Å². The van der Waals surface area contributed by atoms with Crippen LogP contribution < -0.4 is 10.5 Å². The summed E-state index contributed by atoms with van der Waals surface area (Å²) >= 11 is 0. The summed E-state index contributed by atoms with van der Waals surface area (Å²) in [6.45, 7) is 0.0977. The number of non-ortho nitro benzene ring substituents is 1. The number of nitrogens with zero attached hydrogens (tertiary/aromatic N) is 1. The molecular weight excluding hydrogens is 289 g/mol. The molecule has 1 atom stereocenters. The predicted molar refractivity (Wildman–Crippen MR) is 68.9 cm³/mol. The molecule has 1 fully saturated rings. The summed E-state index contributed by atoms with van der Waals surface area (Å²) in [5.74, 6) is -0.883. The Morgan fingerprint density at radius 1 is 1.50 bits per heavy atom. The van der Waals surface area contributed by atoms with Crippen molar-refractivity contribution < 1.29 is 17.7 Å². The van der Waals surface area contributed by atoms with Crippen LogP contribution in [-0.4, -0.2) is 25.9 Å². The zero-order chi connectivity index (χ0) is 14.9. The van der Waals surface area contributed by atoms with Crippen molar-refractivity contribution in [1.29, 1.82) is 0 Å². The van der Waals surface area contributed by atoms with E-state index in [9.17, 15) is 22.9 Å². The molecule has 0 spiro atoms. The van der Waals surface area contributed by atoms with E-state index in [0.717, 1.165) is 25.0 Å². The molecule has 0 aromatic heterocycles. The van der Waals surface area contributed by atoms with Crippen LogP contribution in [0.4, 0.5) is 10.1 Å². The zero-order valence-electron chi connectivity index (χ0n) is 10.5. The number of nitro benzene ring substituents is 1. The Hall–Kier alpha value is -1.58. The Morgan fingerprint density at radius 3 is 2.65 bits per heavy atom. The SMILES string of the molecule is NCC(NS(=O)(=O)c1cc([N+](=O)[O-])ccc1F)C1CC1. The molecule has 1 saturated carbocycles. The first-order valence-electron chi connectivity index (χ1n) is 6.01. The normalized spacial score (nSPS) is 16.9. The van der Waals surface area contributed by atoms with E-state index in [4.69, 9.17) is 5.73 Å². The zero-order valence-corrected chi connectivity index (χ0v) is 11.3. The lowest BCUT2D eigenvalue weighted by atomic mass is 10.2. The smallest absolute Gasteiger partial charge is 0.270 e. The lowest BCUT2D eigenvalue weighted by Gasteiger charge is -2.16. The van der Waals surface area contributed by atoms with Gasteiger partial charge in [-0.05, 0) is 24.8 Å². The number of rotatable bonds is 6. The Morgan fingerprint density at radius 2 is 2.15 bits per heavy atom. The van der Waals surface area contributed by atoms with Gasteiger partial charge in [0, 0.05) is 24.7 Å². The van der Waals surface area contributed by atoms with Crippen LogP contribution in [0.1, 0.15) is 12.8 Å². The first kappa shape index (κ1) is 14.8. The molecule has 0 heterocycles. The lowest BCUT2D eigenvalue weighted by molar-refractivity contribution is -0.385. The molecule has 1 unspecified atom stereocenters. The average Bonchev–Trinajstić information content (AvgIpc) is 3.20. The van der Waals surface area contributed by atoms with Crippen molar-refractivity contribution >= 4 is 15.7 Å². The molecule has 1 aliphatic carbocycles. The summed E-state index contributed by atoms with van der Waals surface area (Å²) in [7, 11) is -4.17. The van der Waals surface area contributed by atoms with Crippen LogP contribution in [-0.2, 0) is 10.0 Å². The van der Waals surface area contributed by atoms with Gasteiger partial charge in [0.2, 0.25) is 10.0 Å². The second kappa shape index (κ2) is 5.43. The number of nitrogens with one attached hydrogen (secondary N) is 1. The van der Waals surface area contributed by atoms with Crippen LogP contribution in [0.15, 0.2) is 23.1 Å². The Labute approximate surface area is 115 Å². The molecule has 0 radical (unpaired) electrons. The number of hydrogen-bond donors (Lipinski definition) is 2. The van der Waals surface area contributed by atoms with E-state index in [2.05, 4.69) is 4.72 Å². The fourth-order valence-electron chi connectivity index (χ4n) is 1.91. The van der Waals surface area contributed by atoms with E-state index in [1.807, 2.05) is 0 Å². The second-order valence-electron chi connectivity index (χ2n) is 4.67. The van der Waals surface area contributed by atoms with Crippen molar-refractivity contribution in [2.24, 2.45) is 11.7 Å². The van der Waals surface area contributed by atoms with Crippen LogP contribution in [0.25, 0.3) is 0 Å². The molecular formula is C11H14FN3O4S. The van der Waals surface area contributed by atoms with Gasteiger partial charge in [-0.3, -0.25) is 10.1 Å². The van der Waals surface area contributed by atoms with Gasteiger partial charge in [-0.1, -0.05) is 0 Å². The minimum Gasteiger partial charge on any atom is -0.329 e. The van der Waals surface area contributed by atoms with Crippen molar-refractivity contribution in [2.45, 2.75) is 23.8 Å². The molecule has 2 rings (SSSR count). The average molecular weight is 303 g/mol. The van der Waals surface area contributed by atoms with E-state index >= 15 is 0 Å². The third-order valence-electron chi connectivity index (χ3n) is 3.17. The van der Waals surface area contributed by atoms with E-state index in [0.29, 0.717) is 6.07 Å². The number of nitro groups is 1. The molecule has 110 valence electrons. The van der Waals surface area contributed by atoms with Crippen molar-refractivity contribution in [3.63, 3.8) is 0 Å². The molecule has 0 aliphatic heterocycles. The highest BCUT2D eigenvalue weighted by Crippen LogP contribution is 2.33. The summed E-state index contributed by atoms with van der Waals surface area (Å²) < 4.78 is 40.1. The van der Waals surface area contributed by atoms with Gasteiger partial charge in [0.05, 0.1) is 4.92 Å². The first-order chi connectivity index (χ1) is 9.35. The summed E-state index contributed by atoms with van der Waals surface area (Å²) in [5, 5.41) is 10.6. The fraction of sp³-hybridized carbons (Fsp3) is 0.455. The third-order valence-corrected chi connectivity index (χ3v) is 4.67. The number of sulfonamides is 1. The highest BCUT2D eigenvalue weighted by molar-refractivity contribution is 7.89. The fourth-order valence-corrected chi connectivity index (χ4v) is 3.32. The van der Waals surface area contributed by atoms with Gasteiger partial charge in [-0.15, -0.1) is 0 Å². The van der Waals surface area contributed by atoms with Gasteiger partial charge in [0.25, 0.3) is 5.69 Å². The Bertz CT molecular complexity index is 631. The largest absolute Gasteiger partial charge is 0.329 e. The summed E-state index contributed by atoms with van der Waals surface area (Å²) in [4.78, 5) is 9.13. The Balaban J connectivity index is 2.32. The molecule has 3 N–H and O–H groups in total. The minimum absolute atomic E-state index is 0.0977. The number of nitrogens with two attached hydrogens (primary N) is 1. The maximum Gasteiger partial charge on any atom is 0.270 e. The van der Waals surface area contributed by atoms with Gasteiger partial charge in [-0.2, -0.15) is 0 Å². The molecule has 1 aromatic carbocycles. The molecule has 1 aromatic rings. The monoisotopic (exact) mass is 303 g/mol. The number of halogens is 1. The molecule has 9 heteroatoms. The van der Waals surface area contributed by atoms with Crippen molar-refractivity contribution in [2.75, 3.05) is 6.54 Å². The molecule has 20 heavy (non-hydrogen) atoms. The first-order valence-corrected chi connectivity index (χ1v) is 7.50. The maximum absolute atomic E-state index is 13.6. The van der Waals surface area contributed by atoms with Crippen LogP contribution in [0.2, 0.25) is 0 Å². The lowest BCUT2D eigenvalue weighted by Crippen LogP contribution is -2.41.